The molecule has 0 aliphatic rings. The van der Waals surface area contributed by atoms with Gasteiger partial charge >= 0.3 is 0 Å². The monoisotopic (exact) mass is 404 g/mol. The van der Waals surface area contributed by atoms with Crippen molar-refractivity contribution in [3.8, 4) is 17.1 Å². The number of ether oxygens (including phenoxy) is 1. The number of benzene rings is 2. The number of carbonyl (C=O) groups is 1. The van der Waals surface area contributed by atoms with Crippen LogP contribution in [0.15, 0.2) is 67.0 Å². The van der Waals surface area contributed by atoms with Crippen molar-refractivity contribution in [2.45, 2.75) is 6.10 Å². The molecule has 0 saturated carbocycles. The van der Waals surface area contributed by atoms with Crippen LogP contribution in [-0.2, 0) is 0 Å². The number of pyridine rings is 1. The lowest BCUT2D eigenvalue weighted by Gasteiger charge is -2.11. The molecule has 0 bridgehead atoms. The highest BCUT2D eigenvalue weighted by Gasteiger charge is 2.15. The number of carbonyl (C=O) groups excluding carboxylic acids is 1. The number of imidazole rings is 1. The Morgan fingerprint density at radius 1 is 1.13 bits per heavy atom. The topological polar surface area (TPSA) is 120 Å². The number of aromatic amines is 1. The highest BCUT2D eigenvalue weighted by Crippen LogP contribution is 2.23. The molecule has 0 spiro atoms. The number of anilines is 1. The van der Waals surface area contributed by atoms with Crippen molar-refractivity contribution < 1.29 is 19.7 Å². The molecule has 2 heterocycles. The molecule has 2 aromatic heterocycles. The molecule has 0 aliphatic heterocycles. The Labute approximate surface area is 172 Å². The first-order valence-electron chi connectivity index (χ1n) is 9.36. The molecule has 1 unspecified atom stereocenters. The Balaban J connectivity index is 1.51. The van der Waals surface area contributed by atoms with Gasteiger partial charge in [-0.15, -0.1) is 0 Å². The molecule has 0 aliphatic carbocycles. The Morgan fingerprint density at radius 2 is 1.97 bits per heavy atom. The molecule has 4 aromatic rings. The van der Waals surface area contributed by atoms with Crippen molar-refractivity contribution >= 4 is 22.6 Å². The summed E-state index contributed by atoms with van der Waals surface area (Å²) in [5.74, 6) is 0.884. The number of fused-ring (bicyclic) bond motifs is 1. The van der Waals surface area contributed by atoms with E-state index >= 15 is 0 Å². The van der Waals surface area contributed by atoms with Crippen molar-refractivity contribution in [3.63, 3.8) is 0 Å². The minimum absolute atomic E-state index is 0.0113. The molecule has 0 radical (unpaired) electrons. The summed E-state index contributed by atoms with van der Waals surface area (Å²) < 4.78 is 5.36. The van der Waals surface area contributed by atoms with Gasteiger partial charge in [-0.05, 0) is 48.5 Å². The van der Waals surface area contributed by atoms with Gasteiger partial charge in [0.15, 0.2) is 0 Å². The van der Waals surface area contributed by atoms with Crippen LogP contribution >= 0.6 is 0 Å². The average molecular weight is 404 g/mol. The number of H-pyrrole nitrogens is 1. The molecule has 2 aromatic carbocycles. The number of aromatic nitrogens is 3. The van der Waals surface area contributed by atoms with Crippen LogP contribution in [0.3, 0.4) is 0 Å². The van der Waals surface area contributed by atoms with Gasteiger partial charge in [0.25, 0.3) is 5.91 Å². The zero-order valence-electron chi connectivity index (χ0n) is 15.9. The molecule has 1 amide bonds. The maximum Gasteiger partial charge on any atom is 0.257 e. The third kappa shape index (κ3) is 4.29. The first-order chi connectivity index (χ1) is 14.6. The van der Waals surface area contributed by atoms with Crippen LogP contribution in [0.1, 0.15) is 10.4 Å². The maximum atomic E-state index is 12.8. The van der Waals surface area contributed by atoms with Gasteiger partial charge in [0.05, 0.1) is 17.7 Å². The summed E-state index contributed by atoms with van der Waals surface area (Å²) in [6.07, 6.45) is 2.46. The number of nitrogens with zero attached hydrogens (tertiary/aromatic N) is 2. The first kappa shape index (κ1) is 19.6. The molecule has 0 fully saturated rings. The van der Waals surface area contributed by atoms with Crippen LogP contribution in [0.25, 0.3) is 22.4 Å². The summed E-state index contributed by atoms with van der Waals surface area (Å²) in [5.41, 5.74) is 3.21. The van der Waals surface area contributed by atoms with Crippen LogP contribution in [0.5, 0.6) is 5.75 Å². The van der Waals surface area contributed by atoms with E-state index in [1.165, 1.54) is 0 Å². The van der Waals surface area contributed by atoms with Crippen LogP contribution in [0.2, 0.25) is 0 Å². The van der Waals surface area contributed by atoms with Crippen molar-refractivity contribution in [2.24, 2.45) is 0 Å². The summed E-state index contributed by atoms with van der Waals surface area (Å²) >= 11 is 0. The lowest BCUT2D eigenvalue weighted by molar-refractivity contribution is 0.0536. The molecule has 8 nitrogen and oxygen atoms in total. The SMILES string of the molecule is O=C(Nc1ccc(OCC(O)CO)cc1)c1cccc2[nH]c(-c3cccnc3)nc12. The van der Waals surface area contributed by atoms with Crippen LogP contribution in [0.4, 0.5) is 5.69 Å². The van der Waals surface area contributed by atoms with Crippen molar-refractivity contribution in [2.75, 3.05) is 18.5 Å². The van der Waals surface area contributed by atoms with Crippen molar-refractivity contribution in [3.05, 3.63) is 72.6 Å². The van der Waals surface area contributed by atoms with E-state index in [2.05, 4.69) is 20.3 Å². The maximum absolute atomic E-state index is 12.8. The van der Waals surface area contributed by atoms with Gasteiger partial charge in [0, 0.05) is 23.6 Å². The number of hydrogen-bond acceptors (Lipinski definition) is 6. The highest BCUT2D eigenvalue weighted by molar-refractivity contribution is 6.11. The average Bonchev–Trinajstić information content (AvgIpc) is 3.23. The van der Waals surface area contributed by atoms with E-state index in [0.717, 1.165) is 11.1 Å². The normalized spacial score (nSPS) is 11.9. The Hall–Kier alpha value is -3.75. The van der Waals surface area contributed by atoms with Crippen LogP contribution in [-0.4, -0.2) is 50.4 Å². The smallest absolute Gasteiger partial charge is 0.257 e. The molecule has 152 valence electrons. The van der Waals surface area contributed by atoms with Gasteiger partial charge in [0.2, 0.25) is 0 Å². The van der Waals surface area contributed by atoms with Gasteiger partial charge in [-0.3, -0.25) is 9.78 Å². The lowest BCUT2D eigenvalue weighted by atomic mass is 10.1. The Bertz CT molecular complexity index is 1140. The van der Waals surface area contributed by atoms with E-state index in [9.17, 15) is 9.90 Å². The standard InChI is InChI=1S/C22H20N4O4/c27-12-16(28)13-30-17-8-6-15(7-9-17)24-22(29)18-4-1-5-19-20(18)26-21(25-19)14-3-2-10-23-11-14/h1-11,16,27-28H,12-13H2,(H,24,29)(H,25,26). The lowest BCUT2D eigenvalue weighted by Crippen LogP contribution is -2.21. The minimum Gasteiger partial charge on any atom is -0.491 e. The second-order valence-electron chi connectivity index (χ2n) is 6.65. The number of hydrogen-bond donors (Lipinski definition) is 4. The number of amides is 1. The van der Waals surface area contributed by atoms with E-state index < -0.39 is 6.10 Å². The second-order valence-corrected chi connectivity index (χ2v) is 6.65. The largest absolute Gasteiger partial charge is 0.491 e. The molecular formula is C22H20N4O4. The minimum atomic E-state index is -0.935. The van der Waals surface area contributed by atoms with Crippen LogP contribution in [0, 0.1) is 0 Å². The van der Waals surface area contributed by atoms with E-state index in [1.807, 2.05) is 18.2 Å². The number of para-hydroxylation sites is 1. The first-order valence-corrected chi connectivity index (χ1v) is 9.36. The third-order valence-corrected chi connectivity index (χ3v) is 4.46. The molecule has 4 rings (SSSR count). The zero-order chi connectivity index (χ0) is 20.9. The Morgan fingerprint density at radius 3 is 2.70 bits per heavy atom. The second kappa shape index (κ2) is 8.73. The Kier molecular flexibility index (Phi) is 5.69. The van der Waals surface area contributed by atoms with Gasteiger partial charge < -0.3 is 25.3 Å². The fourth-order valence-corrected chi connectivity index (χ4v) is 2.93. The zero-order valence-corrected chi connectivity index (χ0v) is 15.9. The fraction of sp³-hybridized carbons (Fsp3) is 0.136. The van der Waals surface area contributed by atoms with Crippen molar-refractivity contribution in [1.29, 1.82) is 0 Å². The molecular weight excluding hydrogens is 384 g/mol. The van der Waals surface area contributed by atoms with Gasteiger partial charge in [0.1, 0.15) is 29.8 Å². The summed E-state index contributed by atoms with van der Waals surface area (Å²) in [6, 6.07) is 15.9. The number of aliphatic hydroxyl groups excluding tert-OH is 2. The van der Waals surface area contributed by atoms with E-state index in [0.29, 0.717) is 28.3 Å². The van der Waals surface area contributed by atoms with E-state index in [1.54, 1.807) is 48.8 Å². The highest BCUT2D eigenvalue weighted by atomic mass is 16.5. The van der Waals surface area contributed by atoms with Gasteiger partial charge in [-0.1, -0.05) is 6.07 Å². The summed E-state index contributed by atoms with van der Waals surface area (Å²) in [7, 11) is 0. The fourth-order valence-electron chi connectivity index (χ4n) is 2.93. The molecule has 0 saturated heterocycles. The molecule has 8 heteroatoms. The summed E-state index contributed by atoms with van der Waals surface area (Å²) in [6.45, 7) is -0.377. The molecule has 1 atom stereocenters. The summed E-state index contributed by atoms with van der Waals surface area (Å²) in [4.78, 5) is 24.8. The van der Waals surface area contributed by atoms with Crippen molar-refractivity contribution in [1.82, 2.24) is 15.0 Å². The molecule has 4 N–H and O–H groups in total. The number of nitrogens with one attached hydrogen (secondary N) is 2. The quantitative estimate of drug-likeness (QED) is 0.376. The predicted molar refractivity (Wildman–Crippen MR) is 112 cm³/mol. The van der Waals surface area contributed by atoms with E-state index in [-0.39, 0.29) is 19.1 Å². The van der Waals surface area contributed by atoms with Gasteiger partial charge in [-0.2, -0.15) is 0 Å². The third-order valence-electron chi connectivity index (χ3n) is 4.46. The van der Waals surface area contributed by atoms with Crippen LogP contribution < -0.4 is 10.1 Å². The van der Waals surface area contributed by atoms with E-state index in [4.69, 9.17) is 9.84 Å². The molecule has 30 heavy (non-hydrogen) atoms. The predicted octanol–water partition coefficient (Wildman–Crippen LogP) is 2.61. The van der Waals surface area contributed by atoms with Gasteiger partial charge in [-0.25, -0.2) is 4.98 Å². The number of rotatable bonds is 7. The summed E-state index contributed by atoms with van der Waals surface area (Å²) in [5, 5.41) is 21.0. The number of aliphatic hydroxyl groups is 2.